The highest BCUT2D eigenvalue weighted by atomic mass is 16.3. The van der Waals surface area contributed by atoms with Crippen LogP contribution in [0.1, 0.15) is 40.5 Å². The molecular formula is C13H24O2. The van der Waals surface area contributed by atoms with Gasteiger partial charge in [0.2, 0.25) is 0 Å². The summed E-state index contributed by atoms with van der Waals surface area (Å²) in [4.78, 5) is 0. The lowest BCUT2D eigenvalue weighted by Crippen LogP contribution is -2.38. The first-order valence-corrected chi connectivity index (χ1v) is 5.87. The Bertz CT molecular complexity index is 231. The first kappa shape index (κ1) is 12.7. The second-order valence-electron chi connectivity index (χ2n) is 5.71. The van der Waals surface area contributed by atoms with Crippen LogP contribution in [0.4, 0.5) is 0 Å². The van der Waals surface area contributed by atoms with Gasteiger partial charge in [-0.1, -0.05) is 32.9 Å². The fraction of sp³-hybridized carbons (Fsp3) is 0.846. The molecule has 0 aliphatic heterocycles. The summed E-state index contributed by atoms with van der Waals surface area (Å²) in [5, 5.41) is 19.0. The van der Waals surface area contributed by atoms with Gasteiger partial charge in [-0.25, -0.2) is 0 Å². The maximum atomic E-state index is 9.74. The quantitative estimate of drug-likeness (QED) is 0.690. The first-order chi connectivity index (χ1) is 6.83. The Morgan fingerprint density at radius 2 is 2.00 bits per heavy atom. The third kappa shape index (κ3) is 3.32. The van der Waals surface area contributed by atoms with E-state index in [0.717, 1.165) is 12.8 Å². The zero-order valence-electron chi connectivity index (χ0n) is 10.3. The number of rotatable bonds is 2. The third-order valence-electron chi connectivity index (χ3n) is 3.52. The van der Waals surface area contributed by atoms with E-state index in [1.54, 1.807) is 6.92 Å². The molecule has 0 radical (unpaired) electrons. The molecule has 1 rings (SSSR count). The zero-order valence-corrected chi connectivity index (χ0v) is 10.3. The fourth-order valence-electron chi connectivity index (χ4n) is 2.90. The van der Waals surface area contributed by atoms with E-state index in [1.165, 1.54) is 0 Å². The van der Waals surface area contributed by atoms with Crippen molar-refractivity contribution in [2.75, 3.05) is 0 Å². The molecule has 2 N–H and O–H groups in total. The summed E-state index contributed by atoms with van der Waals surface area (Å²) in [6.45, 7) is 8.35. The van der Waals surface area contributed by atoms with Gasteiger partial charge >= 0.3 is 0 Å². The van der Waals surface area contributed by atoms with E-state index < -0.39 is 0 Å². The number of hydrogen-bond acceptors (Lipinski definition) is 2. The monoisotopic (exact) mass is 212 g/mol. The summed E-state index contributed by atoms with van der Waals surface area (Å²) in [7, 11) is 0. The molecule has 0 heterocycles. The lowest BCUT2D eigenvalue weighted by molar-refractivity contribution is 0.00742. The van der Waals surface area contributed by atoms with Crippen molar-refractivity contribution in [3.63, 3.8) is 0 Å². The minimum absolute atomic E-state index is 0.127. The van der Waals surface area contributed by atoms with Crippen molar-refractivity contribution >= 4 is 0 Å². The summed E-state index contributed by atoms with van der Waals surface area (Å²) in [5.74, 6) is 0.939. The maximum absolute atomic E-state index is 9.74. The summed E-state index contributed by atoms with van der Waals surface area (Å²) < 4.78 is 0. The molecule has 0 bridgehead atoms. The predicted molar refractivity (Wildman–Crippen MR) is 62.5 cm³/mol. The highest BCUT2D eigenvalue weighted by Gasteiger charge is 2.38. The van der Waals surface area contributed by atoms with Gasteiger partial charge < -0.3 is 10.2 Å². The Morgan fingerprint density at radius 3 is 2.47 bits per heavy atom. The average molecular weight is 212 g/mol. The summed E-state index contributed by atoms with van der Waals surface area (Å²) in [5.41, 5.74) is 0.127. The van der Waals surface area contributed by atoms with Gasteiger partial charge in [0.15, 0.2) is 0 Å². The van der Waals surface area contributed by atoms with Gasteiger partial charge in [0.05, 0.1) is 12.2 Å². The van der Waals surface area contributed by atoms with E-state index in [4.69, 9.17) is 0 Å². The minimum atomic E-state index is -0.375. The predicted octanol–water partition coefficient (Wildman–Crippen LogP) is 2.36. The normalized spacial score (nSPS) is 38.1. The number of aliphatic hydroxyl groups excluding tert-OH is 2. The molecule has 88 valence electrons. The Kier molecular flexibility index (Phi) is 3.96. The van der Waals surface area contributed by atoms with Gasteiger partial charge in [0, 0.05) is 0 Å². The lowest BCUT2D eigenvalue weighted by atomic mass is 9.63. The number of hydrogen-bond donors (Lipinski definition) is 2. The van der Waals surface area contributed by atoms with Crippen LogP contribution in [0.3, 0.4) is 0 Å². The standard InChI is InChI=1S/C13H24O2/c1-9-7-11(15)8-13(3,4)12(9)6-5-10(2)14/h5-6,9-12,14-15H,7-8H2,1-4H3/b6-5+/t9-,10-,11+,12+/m1/s1. The Balaban J connectivity index is 2.76. The topological polar surface area (TPSA) is 40.5 Å². The first-order valence-electron chi connectivity index (χ1n) is 5.87. The maximum Gasteiger partial charge on any atom is 0.0692 e. The van der Waals surface area contributed by atoms with Crippen molar-refractivity contribution < 1.29 is 10.2 Å². The molecule has 0 unspecified atom stereocenters. The molecule has 0 saturated heterocycles. The molecule has 0 spiro atoms. The van der Waals surface area contributed by atoms with Crippen molar-refractivity contribution in [2.45, 2.75) is 52.7 Å². The van der Waals surface area contributed by atoms with Crippen LogP contribution in [-0.2, 0) is 0 Å². The van der Waals surface area contributed by atoms with E-state index >= 15 is 0 Å². The van der Waals surface area contributed by atoms with E-state index in [2.05, 4.69) is 26.8 Å². The van der Waals surface area contributed by atoms with Crippen molar-refractivity contribution in [3.8, 4) is 0 Å². The van der Waals surface area contributed by atoms with E-state index in [0.29, 0.717) is 11.8 Å². The van der Waals surface area contributed by atoms with Crippen LogP contribution < -0.4 is 0 Å². The molecule has 1 aliphatic rings. The minimum Gasteiger partial charge on any atom is -0.393 e. The van der Waals surface area contributed by atoms with Crippen molar-refractivity contribution in [1.82, 2.24) is 0 Å². The molecule has 2 nitrogen and oxygen atoms in total. The molecule has 1 fully saturated rings. The zero-order chi connectivity index (χ0) is 11.6. The Hall–Kier alpha value is -0.340. The van der Waals surface area contributed by atoms with Crippen LogP contribution in [0.2, 0.25) is 0 Å². The lowest BCUT2D eigenvalue weighted by Gasteiger charge is -2.43. The summed E-state index contributed by atoms with van der Waals surface area (Å²) in [6, 6.07) is 0. The molecule has 0 aromatic rings. The van der Waals surface area contributed by atoms with Crippen molar-refractivity contribution in [2.24, 2.45) is 17.3 Å². The average Bonchev–Trinajstić information content (AvgIpc) is 1.98. The van der Waals surface area contributed by atoms with E-state index in [9.17, 15) is 10.2 Å². The Morgan fingerprint density at radius 1 is 1.40 bits per heavy atom. The molecular weight excluding hydrogens is 188 g/mol. The largest absolute Gasteiger partial charge is 0.393 e. The number of aliphatic hydroxyl groups is 2. The highest BCUT2D eigenvalue weighted by Crippen LogP contribution is 2.44. The van der Waals surface area contributed by atoms with Gasteiger partial charge in [-0.15, -0.1) is 0 Å². The molecule has 15 heavy (non-hydrogen) atoms. The van der Waals surface area contributed by atoms with Gasteiger partial charge in [-0.3, -0.25) is 0 Å². The second kappa shape index (κ2) is 4.67. The van der Waals surface area contributed by atoms with Crippen LogP contribution >= 0.6 is 0 Å². The smallest absolute Gasteiger partial charge is 0.0692 e. The summed E-state index contributed by atoms with van der Waals surface area (Å²) in [6.07, 6.45) is 5.18. The second-order valence-corrected chi connectivity index (χ2v) is 5.71. The number of allylic oxidation sites excluding steroid dienone is 1. The molecule has 0 aromatic heterocycles. The van der Waals surface area contributed by atoms with Crippen molar-refractivity contribution in [1.29, 1.82) is 0 Å². The highest BCUT2D eigenvalue weighted by molar-refractivity contribution is 5.02. The molecule has 1 saturated carbocycles. The van der Waals surface area contributed by atoms with Crippen LogP contribution in [0.15, 0.2) is 12.2 Å². The van der Waals surface area contributed by atoms with Gasteiger partial charge in [0.25, 0.3) is 0 Å². The van der Waals surface area contributed by atoms with Crippen LogP contribution in [0, 0.1) is 17.3 Å². The van der Waals surface area contributed by atoms with Crippen LogP contribution in [0.25, 0.3) is 0 Å². The Labute approximate surface area is 93.0 Å². The molecule has 0 aromatic carbocycles. The molecule has 2 heteroatoms. The fourth-order valence-corrected chi connectivity index (χ4v) is 2.90. The molecule has 1 aliphatic carbocycles. The van der Waals surface area contributed by atoms with Crippen molar-refractivity contribution in [3.05, 3.63) is 12.2 Å². The van der Waals surface area contributed by atoms with Crippen LogP contribution in [-0.4, -0.2) is 22.4 Å². The molecule has 0 amide bonds. The molecule has 4 atom stereocenters. The van der Waals surface area contributed by atoms with E-state index in [1.807, 2.05) is 6.08 Å². The van der Waals surface area contributed by atoms with E-state index in [-0.39, 0.29) is 17.6 Å². The van der Waals surface area contributed by atoms with Gasteiger partial charge in [-0.2, -0.15) is 0 Å². The van der Waals surface area contributed by atoms with Crippen LogP contribution in [0.5, 0.6) is 0 Å². The summed E-state index contributed by atoms with van der Waals surface area (Å²) >= 11 is 0. The SMILES string of the molecule is C[C@@H]1C[C@H](O)CC(C)(C)[C@H]1/C=C/[C@@H](C)O. The van der Waals surface area contributed by atoms with Gasteiger partial charge in [-0.05, 0) is 37.0 Å². The third-order valence-corrected chi connectivity index (χ3v) is 3.52. The van der Waals surface area contributed by atoms with Gasteiger partial charge in [0.1, 0.15) is 0 Å².